The lowest BCUT2D eigenvalue weighted by atomic mass is 10.1. The molecule has 1 fully saturated rings. The Bertz CT molecular complexity index is 1670. The van der Waals surface area contributed by atoms with E-state index < -0.39 is 0 Å². The van der Waals surface area contributed by atoms with E-state index in [1.165, 1.54) is 12.8 Å². The van der Waals surface area contributed by atoms with E-state index in [2.05, 4.69) is 61.9 Å². The highest BCUT2D eigenvalue weighted by Crippen LogP contribution is 2.23. The van der Waals surface area contributed by atoms with E-state index in [-0.39, 0.29) is 12.1 Å². The standard InChI is InChI=1S/C33H41N9O2/c1-5-41(6-2)16-13-24-18-26-19-35-33(38-28-9-11-29(12-10-28)40(3)30-8-7-15-34-22-30)39-31(26)42(32(24)43)23-27-21-37-36-20-25(27)14-17-44-4/h9-12,18-21,30,34H,5-8,14-15,17,22-23H2,1-4H3,(H,35,38,39). The molecule has 0 bridgehead atoms. The molecule has 1 atom stereocenters. The van der Waals surface area contributed by atoms with Crippen LogP contribution in [0.2, 0.25) is 0 Å². The maximum Gasteiger partial charge on any atom is 0.268 e. The molecule has 230 valence electrons. The van der Waals surface area contributed by atoms with Crippen LogP contribution in [0.15, 0.2) is 53.7 Å². The van der Waals surface area contributed by atoms with Crippen molar-refractivity contribution in [3.63, 3.8) is 0 Å². The molecule has 2 N–H and O–H groups in total. The fourth-order valence-corrected chi connectivity index (χ4v) is 5.38. The summed E-state index contributed by atoms with van der Waals surface area (Å²) in [7, 11) is 3.81. The largest absolute Gasteiger partial charge is 0.384 e. The highest BCUT2D eigenvalue weighted by Gasteiger charge is 2.18. The summed E-state index contributed by atoms with van der Waals surface area (Å²) in [5, 5.41) is 15.7. The first-order valence-corrected chi connectivity index (χ1v) is 15.3. The zero-order valence-corrected chi connectivity index (χ0v) is 26.0. The monoisotopic (exact) mass is 595 g/mol. The first-order valence-electron chi connectivity index (χ1n) is 15.3. The van der Waals surface area contributed by atoms with Crippen LogP contribution in [0.5, 0.6) is 0 Å². The Hall–Kier alpha value is -4.53. The van der Waals surface area contributed by atoms with E-state index in [4.69, 9.17) is 9.72 Å². The molecular formula is C33H41N9O2. The third-order valence-corrected chi connectivity index (χ3v) is 8.10. The molecule has 1 aliphatic heterocycles. The number of fused-ring (bicyclic) bond motifs is 1. The van der Waals surface area contributed by atoms with Crippen molar-refractivity contribution in [2.45, 2.75) is 45.7 Å². The first kappa shape index (κ1) is 30.9. The summed E-state index contributed by atoms with van der Waals surface area (Å²) >= 11 is 0. The quantitative estimate of drug-likeness (QED) is 0.198. The second-order valence-corrected chi connectivity index (χ2v) is 10.9. The van der Waals surface area contributed by atoms with Crippen LogP contribution < -0.4 is 21.1 Å². The molecule has 4 aromatic rings. The fraction of sp³-hybridized carbons (Fsp3) is 0.424. The minimum Gasteiger partial charge on any atom is -0.384 e. The predicted molar refractivity (Wildman–Crippen MR) is 174 cm³/mol. The van der Waals surface area contributed by atoms with Crippen molar-refractivity contribution in [1.29, 1.82) is 0 Å². The molecule has 1 saturated heterocycles. The molecule has 11 nitrogen and oxygen atoms in total. The Balaban J connectivity index is 1.49. The molecule has 0 saturated carbocycles. The fourth-order valence-electron chi connectivity index (χ4n) is 5.38. The summed E-state index contributed by atoms with van der Waals surface area (Å²) in [6.45, 7) is 8.49. The molecular weight excluding hydrogens is 554 g/mol. The van der Waals surface area contributed by atoms with E-state index in [0.717, 1.165) is 54.1 Å². The molecule has 1 aromatic carbocycles. The highest BCUT2D eigenvalue weighted by molar-refractivity contribution is 5.77. The first-order chi connectivity index (χ1) is 21.5. The van der Waals surface area contributed by atoms with Gasteiger partial charge in [-0.1, -0.05) is 0 Å². The smallest absolute Gasteiger partial charge is 0.268 e. The SMILES string of the molecule is CCN(C#Cc1cc2cnc(Nc3ccc(N(C)C4CCCNC4)cc3)nc2n(Cc2cnncc2CCOC)c1=O)CC. The van der Waals surface area contributed by atoms with Gasteiger partial charge in [0, 0.05) is 68.8 Å². The van der Waals surface area contributed by atoms with Crippen LogP contribution in [0, 0.1) is 12.0 Å². The van der Waals surface area contributed by atoms with Crippen molar-refractivity contribution < 1.29 is 4.74 Å². The number of nitrogens with zero attached hydrogens (tertiary/aromatic N) is 7. The highest BCUT2D eigenvalue weighted by atomic mass is 16.5. The second kappa shape index (κ2) is 14.8. The molecule has 0 spiro atoms. The topological polar surface area (TPSA) is 113 Å². The summed E-state index contributed by atoms with van der Waals surface area (Å²) in [6.07, 6.45) is 8.18. The van der Waals surface area contributed by atoms with Crippen LogP contribution in [0.3, 0.4) is 0 Å². The minimum atomic E-state index is -0.221. The van der Waals surface area contributed by atoms with Crippen molar-refractivity contribution in [2.75, 3.05) is 57.2 Å². The van der Waals surface area contributed by atoms with Gasteiger partial charge in [-0.15, -0.1) is 0 Å². The lowest BCUT2D eigenvalue weighted by molar-refractivity contribution is 0.202. The summed E-state index contributed by atoms with van der Waals surface area (Å²) in [6, 6.07) is 13.6. The summed E-state index contributed by atoms with van der Waals surface area (Å²) < 4.78 is 6.94. The maximum atomic E-state index is 13.9. The number of likely N-dealkylation sites (N-methyl/N-ethyl adjacent to an activating group) is 1. The molecule has 11 heteroatoms. The summed E-state index contributed by atoms with van der Waals surface area (Å²) in [5.74, 6) is 3.49. The third kappa shape index (κ3) is 7.33. The van der Waals surface area contributed by atoms with Gasteiger partial charge in [-0.05, 0) is 87.0 Å². The molecule has 1 aliphatic rings. The Labute approximate surface area is 258 Å². The number of nitrogens with one attached hydrogen (secondary N) is 2. The molecule has 0 radical (unpaired) electrons. The van der Waals surface area contributed by atoms with Gasteiger partial charge in [-0.25, -0.2) is 4.98 Å². The van der Waals surface area contributed by atoms with Crippen LogP contribution in [0.4, 0.5) is 17.3 Å². The van der Waals surface area contributed by atoms with Gasteiger partial charge < -0.3 is 25.2 Å². The van der Waals surface area contributed by atoms with Crippen molar-refractivity contribution in [3.05, 3.63) is 76.0 Å². The second-order valence-electron chi connectivity index (χ2n) is 10.9. The number of aromatic nitrogens is 5. The summed E-state index contributed by atoms with van der Waals surface area (Å²) in [4.78, 5) is 27.6. The van der Waals surface area contributed by atoms with E-state index in [9.17, 15) is 4.79 Å². The van der Waals surface area contributed by atoms with Crippen molar-refractivity contribution >= 4 is 28.4 Å². The molecule has 0 aliphatic carbocycles. The Morgan fingerprint density at radius 3 is 2.59 bits per heavy atom. The van der Waals surface area contributed by atoms with Gasteiger partial charge in [0.05, 0.1) is 31.1 Å². The predicted octanol–water partition coefficient (Wildman–Crippen LogP) is 3.40. The van der Waals surface area contributed by atoms with Crippen LogP contribution in [0.25, 0.3) is 11.0 Å². The lowest BCUT2D eigenvalue weighted by Gasteiger charge is -2.33. The molecule has 44 heavy (non-hydrogen) atoms. The minimum absolute atomic E-state index is 0.221. The average Bonchev–Trinajstić information content (AvgIpc) is 3.07. The van der Waals surface area contributed by atoms with E-state index >= 15 is 0 Å². The van der Waals surface area contributed by atoms with E-state index in [0.29, 0.717) is 36.2 Å². The third-order valence-electron chi connectivity index (χ3n) is 8.10. The number of benzene rings is 1. The van der Waals surface area contributed by atoms with Gasteiger partial charge in [-0.2, -0.15) is 15.2 Å². The number of piperidine rings is 1. The lowest BCUT2D eigenvalue weighted by Crippen LogP contribution is -2.44. The van der Waals surface area contributed by atoms with Crippen LogP contribution >= 0.6 is 0 Å². The maximum absolute atomic E-state index is 13.9. The zero-order valence-electron chi connectivity index (χ0n) is 26.0. The van der Waals surface area contributed by atoms with Gasteiger partial charge in [-0.3, -0.25) is 9.36 Å². The van der Waals surface area contributed by atoms with Gasteiger partial charge in [0.2, 0.25) is 5.95 Å². The number of hydrogen-bond donors (Lipinski definition) is 2. The van der Waals surface area contributed by atoms with E-state index in [1.807, 2.05) is 30.9 Å². The van der Waals surface area contributed by atoms with Gasteiger partial charge >= 0.3 is 0 Å². The van der Waals surface area contributed by atoms with Gasteiger partial charge in [0.15, 0.2) is 0 Å². The number of hydrogen-bond acceptors (Lipinski definition) is 10. The van der Waals surface area contributed by atoms with Crippen molar-refractivity contribution in [2.24, 2.45) is 0 Å². The van der Waals surface area contributed by atoms with Gasteiger partial charge in [0.25, 0.3) is 5.56 Å². The van der Waals surface area contributed by atoms with Crippen LogP contribution in [-0.2, 0) is 17.7 Å². The van der Waals surface area contributed by atoms with Crippen molar-refractivity contribution in [3.8, 4) is 12.0 Å². The molecule has 4 heterocycles. The Kier molecular flexibility index (Phi) is 10.4. The molecule has 0 amide bonds. The van der Waals surface area contributed by atoms with Gasteiger partial charge in [0.1, 0.15) is 5.65 Å². The number of ether oxygens (including phenoxy) is 1. The average molecular weight is 596 g/mol. The van der Waals surface area contributed by atoms with Crippen LogP contribution in [0.1, 0.15) is 43.4 Å². The van der Waals surface area contributed by atoms with Crippen molar-refractivity contribution in [1.82, 2.24) is 34.9 Å². The number of anilines is 3. The number of rotatable bonds is 11. The Morgan fingerprint density at radius 1 is 1.11 bits per heavy atom. The Morgan fingerprint density at radius 2 is 1.89 bits per heavy atom. The normalized spacial score (nSPS) is 14.6. The molecule has 1 unspecified atom stereocenters. The number of pyridine rings is 1. The molecule has 5 rings (SSSR count). The van der Waals surface area contributed by atoms with Crippen LogP contribution in [-0.4, -0.2) is 82.6 Å². The zero-order chi connectivity index (χ0) is 30.9. The molecule has 3 aromatic heterocycles. The summed E-state index contributed by atoms with van der Waals surface area (Å²) in [5.41, 5.74) is 4.53. The number of methoxy groups -OCH3 is 1. The van der Waals surface area contributed by atoms with E-state index in [1.54, 1.807) is 36.3 Å².